The lowest BCUT2D eigenvalue weighted by Crippen LogP contribution is -2.41. The molecule has 1 N–H and O–H groups in total. The van der Waals surface area contributed by atoms with Crippen LogP contribution in [0.4, 0.5) is 9.59 Å². The van der Waals surface area contributed by atoms with Gasteiger partial charge in [-0.25, -0.2) is 9.59 Å². The van der Waals surface area contributed by atoms with E-state index in [4.69, 9.17) is 14.6 Å². The Morgan fingerprint density at radius 3 is 1.67 bits per heavy atom. The first-order valence-electron chi connectivity index (χ1n) is 12.7. The second-order valence-corrected chi connectivity index (χ2v) is 9.97. The van der Waals surface area contributed by atoms with E-state index in [-0.39, 0.29) is 24.7 Å². The first-order valence-corrected chi connectivity index (χ1v) is 13.8. The average molecular weight is 562 g/mol. The molecule has 2 aromatic rings. The number of halogens is 1. The van der Waals surface area contributed by atoms with Crippen molar-refractivity contribution in [2.45, 2.75) is 38.9 Å². The number of benzene rings is 2. The van der Waals surface area contributed by atoms with Crippen LogP contribution in [-0.2, 0) is 22.7 Å². The Bertz CT molecular complexity index is 839. The lowest BCUT2D eigenvalue weighted by molar-refractivity contribution is 0.0686. The van der Waals surface area contributed by atoms with Gasteiger partial charge < -0.3 is 24.4 Å². The Labute approximate surface area is 222 Å². The molecule has 0 radical (unpaired) electrons. The van der Waals surface area contributed by atoms with Crippen LogP contribution in [0.3, 0.4) is 0 Å². The second-order valence-electron chi connectivity index (χ2n) is 9.33. The Morgan fingerprint density at radius 2 is 1.22 bits per heavy atom. The summed E-state index contributed by atoms with van der Waals surface area (Å²) in [6.07, 6.45) is 3.70. The van der Waals surface area contributed by atoms with E-state index in [1.165, 1.54) is 6.42 Å². The highest BCUT2D eigenvalue weighted by molar-refractivity contribution is 9.09. The van der Waals surface area contributed by atoms with Crippen molar-refractivity contribution in [2.24, 2.45) is 11.8 Å². The summed E-state index contributed by atoms with van der Waals surface area (Å²) in [6.45, 7) is 3.75. The van der Waals surface area contributed by atoms with Crippen molar-refractivity contribution in [2.75, 3.05) is 38.1 Å². The summed E-state index contributed by atoms with van der Waals surface area (Å²) in [6, 6.07) is 19.4. The highest BCUT2D eigenvalue weighted by atomic mass is 79.9. The third-order valence-electron chi connectivity index (χ3n) is 6.44. The lowest BCUT2D eigenvalue weighted by atomic mass is 10.00. The number of amides is 2. The van der Waals surface area contributed by atoms with Gasteiger partial charge in [0.15, 0.2) is 0 Å². The fourth-order valence-electron chi connectivity index (χ4n) is 4.36. The van der Waals surface area contributed by atoms with E-state index in [0.717, 1.165) is 55.4 Å². The van der Waals surface area contributed by atoms with Crippen LogP contribution in [0.25, 0.3) is 0 Å². The molecule has 2 saturated heterocycles. The lowest BCUT2D eigenvalue weighted by Gasteiger charge is -2.31. The molecule has 7 nitrogen and oxygen atoms in total. The van der Waals surface area contributed by atoms with E-state index in [9.17, 15) is 9.59 Å². The highest BCUT2D eigenvalue weighted by Crippen LogP contribution is 2.19. The molecule has 2 fully saturated rings. The van der Waals surface area contributed by atoms with E-state index < -0.39 is 0 Å². The summed E-state index contributed by atoms with van der Waals surface area (Å²) in [5.74, 6) is 0.756. The quantitative estimate of drug-likeness (QED) is 0.474. The van der Waals surface area contributed by atoms with Gasteiger partial charge in [-0.3, -0.25) is 0 Å². The van der Waals surface area contributed by atoms with E-state index in [1.54, 1.807) is 4.90 Å². The second kappa shape index (κ2) is 15.5. The first kappa shape index (κ1) is 28.0. The van der Waals surface area contributed by atoms with Crippen molar-refractivity contribution in [3.8, 4) is 0 Å². The Kier molecular flexibility index (Phi) is 12.1. The average Bonchev–Trinajstić information content (AvgIpc) is 2.96. The summed E-state index contributed by atoms with van der Waals surface area (Å²) >= 11 is 3.48. The number of aliphatic hydroxyl groups is 1. The van der Waals surface area contributed by atoms with Crippen LogP contribution in [-0.4, -0.2) is 65.2 Å². The fourth-order valence-corrected chi connectivity index (χ4v) is 4.89. The minimum Gasteiger partial charge on any atom is -0.445 e. The van der Waals surface area contributed by atoms with Crippen molar-refractivity contribution in [1.82, 2.24) is 9.80 Å². The van der Waals surface area contributed by atoms with E-state index in [1.807, 2.05) is 65.6 Å². The number of piperidine rings is 2. The maximum Gasteiger partial charge on any atom is 0.410 e. The zero-order valence-electron chi connectivity index (χ0n) is 20.8. The number of aliphatic hydroxyl groups excluding tert-OH is 1. The molecule has 2 heterocycles. The molecule has 0 aromatic heterocycles. The molecule has 2 amide bonds. The number of hydrogen-bond acceptors (Lipinski definition) is 5. The van der Waals surface area contributed by atoms with Gasteiger partial charge in [0.05, 0.1) is 0 Å². The minimum absolute atomic E-state index is 0.141. The maximum atomic E-state index is 11.9. The number of alkyl halides is 1. The van der Waals surface area contributed by atoms with Crippen molar-refractivity contribution >= 4 is 28.1 Å². The van der Waals surface area contributed by atoms with Crippen molar-refractivity contribution in [3.63, 3.8) is 0 Å². The number of likely N-dealkylation sites (tertiary alicyclic amines) is 2. The van der Waals surface area contributed by atoms with Gasteiger partial charge in [0, 0.05) is 38.1 Å². The number of hydrogen-bond donors (Lipinski definition) is 1. The zero-order valence-corrected chi connectivity index (χ0v) is 22.4. The predicted octanol–water partition coefficient (Wildman–Crippen LogP) is 5.46. The van der Waals surface area contributed by atoms with Crippen LogP contribution in [0.1, 0.15) is 36.8 Å². The van der Waals surface area contributed by atoms with Crippen molar-refractivity contribution < 1.29 is 24.2 Å². The van der Waals surface area contributed by atoms with Gasteiger partial charge in [-0.15, -0.1) is 0 Å². The highest BCUT2D eigenvalue weighted by Gasteiger charge is 2.25. The topological polar surface area (TPSA) is 79.3 Å². The van der Waals surface area contributed by atoms with Crippen LogP contribution in [0, 0.1) is 11.8 Å². The van der Waals surface area contributed by atoms with Gasteiger partial charge in [0.1, 0.15) is 13.2 Å². The Hall–Kier alpha value is -2.58. The van der Waals surface area contributed by atoms with Crippen LogP contribution < -0.4 is 0 Å². The van der Waals surface area contributed by atoms with Crippen molar-refractivity contribution in [3.05, 3.63) is 71.8 Å². The van der Waals surface area contributed by atoms with Gasteiger partial charge in [-0.1, -0.05) is 76.6 Å². The normalized spacial score (nSPS) is 19.6. The summed E-state index contributed by atoms with van der Waals surface area (Å²) in [7, 11) is 0. The number of carbonyl (C=O) groups is 2. The van der Waals surface area contributed by atoms with Gasteiger partial charge >= 0.3 is 12.2 Å². The van der Waals surface area contributed by atoms with E-state index in [0.29, 0.717) is 25.7 Å². The third kappa shape index (κ3) is 9.47. The molecule has 0 bridgehead atoms. The number of nitrogens with zero attached hydrogens (tertiary/aromatic N) is 2. The molecule has 36 heavy (non-hydrogen) atoms. The minimum atomic E-state index is -0.281. The van der Waals surface area contributed by atoms with Gasteiger partial charge in [0.2, 0.25) is 0 Å². The van der Waals surface area contributed by atoms with Gasteiger partial charge in [0.25, 0.3) is 0 Å². The van der Waals surface area contributed by atoms with Crippen molar-refractivity contribution in [1.29, 1.82) is 0 Å². The number of rotatable bonds is 6. The molecule has 2 aliphatic rings. The molecule has 2 aliphatic heterocycles. The van der Waals surface area contributed by atoms with E-state index >= 15 is 0 Å². The maximum absolute atomic E-state index is 11.9. The zero-order chi connectivity index (χ0) is 25.6. The molecule has 2 aromatic carbocycles. The smallest absolute Gasteiger partial charge is 0.410 e. The molecule has 0 aliphatic carbocycles. The van der Waals surface area contributed by atoms with Gasteiger partial charge in [-0.2, -0.15) is 0 Å². The standard InChI is InChI=1S/C14H18BrNO2.C14H19NO3/c15-9-13-7-4-8-16(10-13)14(17)18-11-12-5-2-1-3-6-12;16-10-13-7-4-8-15(9-13)14(17)18-11-12-5-2-1-3-6-12/h1-3,5-6,13H,4,7-11H2;1-3,5-6,13,16H,4,7-11H2. The van der Waals surface area contributed by atoms with Crippen LogP contribution in [0.5, 0.6) is 0 Å². The Balaban J connectivity index is 0.000000201. The molecule has 0 saturated carbocycles. The molecule has 0 spiro atoms. The summed E-state index contributed by atoms with van der Waals surface area (Å²) in [5.41, 5.74) is 2.02. The monoisotopic (exact) mass is 560 g/mol. The predicted molar refractivity (Wildman–Crippen MR) is 143 cm³/mol. The summed E-state index contributed by atoms with van der Waals surface area (Å²) in [4.78, 5) is 27.3. The molecule has 2 unspecified atom stereocenters. The largest absolute Gasteiger partial charge is 0.445 e. The first-order chi connectivity index (χ1) is 17.6. The molecule has 8 heteroatoms. The third-order valence-corrected chi connectivity index (χ3v) is 7.36. The summed E-state index contributed by atoms with van der Waals surface area (Å²) < 4.78 is 10.6. The number of carbonyl (C=O) groups excluding carboxylic acids is 2. The number of ether oxygens (including phenoxy) is 2. The molecule has 196 valence electrons. The SMILES string of the molecule is O=C(OCc1ccccc1)N1CCCC(CBr)C1.O=C(OCc1ccccc1)N1CCCC(CO)C1. The van der Waals surface area contributed by atoms with Gasteiger partial charge in [-0.05, 0) is 48.6 Å². The molecular weight excluding hydrogens is 524 g/mol. The van der Waals surface area contributed by atoms with Crippen LogP contribution in [0.2, 0.25) is 0 Å². The molecular formula is C28H37BrN2O5. The Morgan fingerprint density at radius 1 is 0.778 bits per heavy atom. The summed E-state index contributed by atoms with van der Waals surface area (Å²) in [5, 5.41) is 10.1. The van der Waals surface area contributed by atoms with E-state index in [2.05, 4.69) is 15.9 Å². The molecule has 4 rings (SSSR count). The van der Waals surface area contributed by atoms with Crippen LogP contribution in [0.15, 0.2) is 60.7 Å². The molecule has 2 atom stereocenters. The van der Waals surface area contributed by atoms with Crippen LogP contribution >= 0.6 is 15.9 Å². The fraction of sp³-hybridized carbons (Fsp3) is 0.500.